The molecule has 0 bridgehead atoms. The zero-order chi connectivity index (χ0) is 16.7. The summed E-state index contributed by atoms with van der Waals surface area (Å²) in [6.45, 7) is 7.45. The lowest BCUT2D eigenvalue weighted by molar-refractivity contribution is -0.141. The Morgan fingerprint density at radius 3 is 2.23 bits per heavy atom. The molecule has 0 heterocycles. The molecule has 0 saturated heterocycles. The molecule has 0 aliphatic carbocycles. The predicted octanol–water partition coefficient (Wildman–Crippen LogP) is 2.37. The molecule has 0 aliphatic rings. The highest BCUT2D eigenvalue weighted by atomic mass is 16.5. The quantitative estimate of drug-likeness (QED) is 0.620. The molecule has 1 N–H and O–H groups in total. The van der Waals surface area contributed by atoms with Crippen LogP contribution in [0.4, 0.5) is 0 Å². The van der Waals surface area contributed by atoms with Crippen LogP contribution >= 0.6 is 0 Å². The van der Waals surface area contributed by atoms with Crippen LogP contribution in [0.3, 0.4) is 0 Å². The fraction of sp³-hybridized carbons (Fsp3) is 0.529. The van der Waals surface area contributed by atoms with Gasteiger partial charge in [-0.1, -0.05) is 19.1 Å². The largest absolute Gasteiger partial charge is 0.459 e. The van der Waals surface area contributed by atoms with Gasteiger partial charge >= 0.3 is 5.97 Å². The van der Waals surface area contributed by atoms with Crippen LogP contribution < -0.4 is 0 Å². The molecule has 0 aliphatic heterocycles. The van der Waals surface area contributed by atoms with Crippen LogP contribution in [0, 0.1) is 0 Å². The molecule has 0 saturated carbocycles. The molecule has 5 nitrogen and oxygen atoms in total. The monoisotopic (exact) mass is 307 g/mol. The van der Waals surface area contributed by atoms with Gasteiger partial charge in [-0.2, -0.15) is 0 Å². The molecule has 0 aromatic heterocycles. The van der Waals surface area contributed by atoms with Gasteiger partial charge < -0.3 is 14.7 Å². The molecule has 1 aromatic rings. The van der Waals surface area contributed by atoms with Crippen molar-refractivity contribution in [3.8, 4) is 0 Å². The van der Waals surface area contributed by atoms with E-state index >= 15 is 0 Å². The first-order valence-corrected chi connectivity index (χ1v) is 7.66. The number of amides is 1. The highest BCUT2D eigenvalue weighted by Gasteiger charge is 2.21. The molecule has 1 amide bonds. The Morgan fingerprint density at radius 2 is 1.77 bits per heavy atom. The van der Waals surface area contributed by atoms with Crippen LogP contribution in [0.5, 0.6) is 0 Å². The lowest BCUT2D eigenvalue weighted by atomic mass is 10.1. The molecule has 0 radical (unpaired) electrons. The fourth-order valence-corrected chi connectivity index (χ4v) is 2.18. The Hall–Kier alpha value is -1.88. The van der Waals surface area contributed by atoms with Crippen molar-refractivity contribution in [1.82, 2.24) is 4.90 Å². The first kappa shape index (κ1) is 18.2. The molecular weight excluding hydrogens is 282 g/mol. The number of benzene rings is 1. The standard InChI is InChI=1S/C17H25NO4/c1-5-14-7-9-15(10-8-14)17(21)22-12(3)11-16(20)18(6-2)13(4)19/h7-10,12-13,19H,5-6,11H2,1-4H3. The maximum Gasteiger partial charge on any atom is 0.338 e. The van der Waals surface area contributed by atoms with Crippen molar-refractivity contribution in [3.05, 3.63) is 35.4 Å². The minimum absolute atomic E-state index is 0.0531. The lowest BCUT2D eigenvalue weighted by Gasteiger charge is -2.25. The van der Waals surface area contributed by atoms with Crippen LogP contribution in [0.1, 0.15) is 50.0 Å². The van der Waals surface area contributed by atoms with Crippen molar-refractivity contribution >= 4 is 11.9 Å². The van der Waals surface area contributed by atoms with Crippen molar-refractivity contribution in [2.24, 2.45) is 0 Å². The second-order valence-electron chi connectivity index (χ2n) is 5.28. The highest BCUT2D eigenvalue weighted by molar-refractivity contribution is 5.89. The Labute approximate surface area is 131 Å². The van der Waals surface area contributed by atoms with E-state index in [1.54, 1.807) is 26.0 Å². The van der Waals surface area contributed by atoms with Gasteiger partial charge in [0.25, 0.3) is 0 Å². The molecule has 2 atom stereocenters. The number of aliphatic hydroxyl groups excluding tert-OH is 1. The molecule has 0 spiro atoms. The van der Waals surface area contributed by atoms with Gasteiger partial charge in [-0.05, 0) is 44.9 Å². The minimum Gasteiger partial charge on any atom is -0.459 e. The third-order valence-corrected chi connectivity index (χ3v) is 3.48. The highest BCUT2D eigenvalue weighted by Crippen LogP contribution is 2.10. The van der Waals surface area contributed by atoms with E-state index in [4.69, 9.17) is 4.74 Å². The van der Waals surface area contributed by atoms with E-state index in [-0.39, 0.29) is 12.3 Å². The Balaban J connectivity index is 2.58. The molecule has 0 fully saturated rings. The number of ether oxygens (including phenoxy) is 1. The number of esters is 1. The van der Waals surface area contributed by atoms with E-state index in [2.05, 4.69) is 0 Å². The van der Waals surface area contributed by atoms with Crippen LogP contribution in [-0.2, 0) is 16.0 Å². The number of hydrogen-bond acceptors (Lipinski definition) is 4. The summed E-state index contributed by atoms with van der Waals surface area (Å²) in [5, 5.41) is 9.50. The number of nitrogens with zero attached hydrogens (tertiary/aromatic N) is 1. The second-order valence-corrected chi connectivity index (χ2v) is 5.28. The van der Waals surface area contributed by atoms with E-state index in [0.717, 1.165) is 12.0 Å². The van der Waals surface area contributed by atoms with E-state index in [0.29, 0.717) is 12.1 Å². The third kappa shape index (κ3) is 5.15. The average Bonchev–Trinajstić information content (AvgIpc) is 2.47. The summed E-state index contributed by atoms with van der Waals surface area (Å²) < 4.78 is 5.29. The lowest BCUT2D eigenvalue weighted by Crippen LogP contribution is -2.40. The summed E-state index contributed by atoms with van der Waals surface area (Å²) in [5.41, 5.74) is 1.62. The summed E-state index contributed by atoms with van der Waals surface area (Å²) in [7, 11) is 0. The van der Waals surface area contributed by atoms with Gasteiger partial charge in [-0.25, -0.2) is 4.79 Å². The molecule has 1 rings (SSSR count). The summed E-state index contributed by atoms with van der Waals surface area (Å²) >= 11 is 0. The second kappa shape index (κ2) is 8.54. The number of rotatable bonds is 7. The van der Waals surface area contributed by atoms with Crippen LogP contribution in [-0.4, -0.2) is 40.8 Å². The smallest absolute Gasteiger partial charge is 0.338 e. The number of aryl methyl sites for hydroxylation is 1. The molecule has 22 heavy (non-hydrogen) atoms. The summed E-state index contributed by atoms with van der Waals surface area (Å²) in [6.07, 6.45) is -0.426. The SMILES string of the molecule is CCc1ccc(C(=O)OC(C)CC(=O)N(CC)C(C)O)cc1. The third-order valence-electron chi connectivity index (χ3n) is 3.48. The van der Waals surface area contributed by atoms with Gasteiger partial charge in [0.2, 0.25) is 5.91 Å². The predicted molar refractivity (Wildman–Crippen MR) is 84.4 cm³/mol. The molecule has 5 heteroatoms. The normalized spacial score (nSPS) is 13.3. The zero-order valence-corrected chi connectivity index (χ0v) is 13.7. The van der Waals surface area contributed by atoms with E-state index in [9.17, 15) is 14.7 Å². The van der Waals surface area contributed by atoms with E-state index in [1.807, 2.05) is 19.1 Å². The van der Waals surface area contributed by atoms with Gasteiger partial charge in [0.05, 0.1) is 12.0 Å². The van der Waals surface area contributed by atoms with Crippen molar-refractivity contribution in [1.29, 1.82) is 0 Å². The summed E-state index contributed by atoms with van der Waals surface area (Å²) in [4.78, 5) is 25.3. The number of carbonyl (C=O) groups is 2. The van der Waals surface area contributed by atoms with Crippen LogP contribution in [0.2, 0.25) is 0 Å². The van der Waals surface area contributed by atoms with E-state index in [1.165, 1.54) is 11.8 Å². The number of carbonyl (C=O) groups excluding carboxylic acids is 2. The van der Waals surface area contributed by atoms with Crippen LogP contribution in [0.15, 0.2) is 24.3 Å². The van der Waals surface area contributed by atoms with Gasteiger partial charge in [-0.15, -0.1) is 0 Å². The number of aliphatic hydroxyl groups is 1. The van der Waals surface area contributed by atoms with Gasteiger partial charge in [-0.3, -0.25) is 4.79 Å². The molecular formula is C17H25NO4. The number of hydrogen-bond donors (Lipinski definition) is 1. The average molecular weight is 307 g/mol. The summed E-state index contributed by atoms with van der Waals surface area (Å²) in [5.74, 6) is -0.679. The van der Waals surface area contributed by atoms with Crippen molar-refractivity contribution in [2.75, 3.05) is 6.54 Å². The van der Waals surface area contributed by atoms with Crippen LogP contribution in [0.25, 0.3) is 0 Å². The summed E-state index contributed by atoms with van der Waals surface area (Å²) in [6, 6.07) is 7.23. The maximum atomic E-state index is 12.0. The molecule has 122 valence electrons. The minimum atomic E-state index is -0.845. The Morgan fingerprint density at radius 1 is 1.18 bits per heavy atom. The Kier molecular flexibility index (Phi) is 7.05. The fourth-order valence-electron chi connectivity index (χ4n) is 2.18. The van der Waals surface area contributed by atoms with Crippen molar-refractivity contribution in [2.45, 2.75) is 52.9 Å². The molecule has 1 aromatic carbocycles. The van der Waals surface area contributed by atoms with Gasteiger partial charge in [0.15, 0.2) is 0 Å². The van der Waals surface area contributed by atoms with Gasteiger partial charge in [0.1, 0.15) is 12.3 Å². The first-order chi connectivity index (χ1) is 10.4. The molecule has 2 unspecified atom stereocenters. The first-order valence-electron chi connectivity index (χ1n) is 7.66. The van der Waals surface area contributed by atoms with Crippen molar-refractivity contribution < 1.29 is 19.4 Å². The maximum absolute atomic E-state index is 12.0. The van der Waals surface area contributed by atoms with Gasteiger partial charge in [0, 0.05) is 6.54 Å². The van der Waals surface area contributed by atoms with Crippen molar-refractivity contribution in [3.63, 3.8) is 0 Å². The van der Waals surface area contributed by atoms with E-state index < -0.39 is 18.3 Å². The topological polar surface area (TPSA) is 66.8 Å². The zero-order valence-electron chi connectivity index (χ0n) is 13.7. The Bertz CT molecular complexity index is 496.